The van der Waals surface area contributed by atoms with Gasteiger partial charge in [-0.3, -0.25) is 4.79 Å². The van der Waals surface area contributed by atoms with Gasteiger partial charge in [0.2, 0.25) is 0 Å². The molecule has 2 atom stereocenters. The Labute approximate surface area is 89.0 Å². The van der Waals surface area contributed by atoms with Crippen LogP contribution in [0.2, 0.25) is 0 Å². The number of hydrogen-bond donors (Lipinski definition) is 2. The third-order valence-electron chi connectivity index (χ3n) is 2.18. The lowest BCUT2D eigenvalue weighted by Crippen LogP contribution is -2.36. The summed E-state index contributed by atoms with van der Waals surface area (Å²) < 4.78 is 5.11. The van der Waals surface area contributed by atoms with E-state index in [0.29, 0.717) is 6.42 Å². The van der Waals surface area contributed by atoms with E-state index >= 15 is 0 Å². The molecule has 2 unspecified atom stereocenters. The largest absolute Gasteiger partial charge is 0.462 e. The minimum absolute atomic E-state index is 0.0808. The van der Waals surface area contributed by atoms with Gasteiger partial charge in [0, 0.05) is 12.6 Å². The van der Waals surface area contributed by atoms with Crippen LogP contribution in [0.5, 0.6) is 0 Å². The number of rotatable bonds is 5. The molecule has 5 heteroatoms. The summed E-state index contributed by atoms with van der Waals surface area (Å²) in [6, 6.07) is -0.637. The summed E-state index contributed by atoms with van der Waals surface area (Å²) in [4.78, 5) is 18.3. The molecule has 0 aromatic carbocycles. The van der Waals surface area contributed by atoms with Crippen molar-refractivity contribution in [3.63, 3.8) is 0 Å². The number of H-pyrrole nitrogens is 1. The molecule has 1 aromatic rings. The molecule has 0 bridgehead atoms. The topological polar surface area (TPSA) is 81.0 Å². The average molecular weight is 211 g/mol. The maximum absolute atomic E-state index is 11.5. The van der Waals surface area contributed by atoms with Crippen molar-refractivity contribution in [3.8, 4) is 0 Å². The maximum Gasteiger partial charge on any atom is 0.323 e. The van der Waals surface area contributed by atoms with Crippen LogP contribution >= 0.6 is 0 Å². The van der Waals surface area contributed by atoms with Crippen molar-refractivity contribution in [1.29, 1.82) is 0 Å². The van der Waals surface area contributed by atoms with Crippen LogP contribution in [0.1, 0.15) is 26.0 Å². The van der Waals surface area contributed by atoms with E-state index in [1.807, 2.05) is 13.8 Å². The molecule has 0 aliphatic heterocycles. The van der Waals surface area contributed by atoms with E-state index < -0.39 is 6.04 Å². The number of nitrogens with one attached hydrogen (secondary N) is 1. The molecule has 1 heterocycles. The first-order valence-corrected chi connectivity index (χ1v) is 5.07. The SMILES string of the molecule is CCC(C)OC(=O)C(N)Cc1c[nH]cn1. The number of ether oxygens (including phenoxy) is 1. The summed E-state index contributed by atoms with van der Waals surface area (Å²) in [6.45, 7) is 3.80. The third kappa shape index (κ3) is 3.71. The van der Waals surface area contributed by atoms with E-state index in [-0.39, 0.29) is 12.1 Å². The molecule has 1 rings (SSSR count). The van der Waals surface area contributed by atoms with E-state index in [9.17, 15) is 4.79 Å². The first kappa shape index (κ1) is 11.7. The number of nitrogens with two attached hydrogens (primary N) is 1. The van der Waals surface area contributed by atoms with E-state index in [4.69, 9.17) is 10.5 Å². The third-order valence-corrected chi connectivity index (χ3v) is 2.18. The molecular formula is C10H17N3O2. The highest BCUT2D eigenvalue weighted by Crippen LogP contribution is 2.02. The molecule has 15 heavy (non-hydrogen) atoms. The van der Waals surface area contributed by atoms with Crippen LogP contribution in [0.15, 0.2) is 12.5 Å². The van der Waals surface area contributed by atoms with Gasteiger partial charge in [-0.05, 0) is 13.3 Å². The van der Waals surface area contributed by atoms with Gasteiger partial charge < -0.3 is 15.5 Å². The lowest BCUT2D eigenvalue weighted by atomic mass is 10.2. The van der Waals surface area contributed by atoms with E-state index in [0.717, 1.165) is 12.1 Å². The molecule has 0 aliphatic rings. The molecule has 5 nitrogen and oxygen atoms in total. The number of imidazole rings is 1. The zero-order valence-electron chi connectivity index (χ0n) is 9.06. The Morgan fingerprint density at radius 2 is 2.47 bits per heavy atom. The maximum atomic E-state index is 11.5. The number of esters is 1. The van der Waals surface area contributed by atoms with Gasteiger partial charge in [-0.1, -0.05) is 6.92 Å². The van der Waals surface area contributed by atoms with Crippen LogP contribution in [0.25, 0.3) is 0 Å². The minimum Gasteiger partial charge on any atom is -0.462 e. The fourth-order valence-corrected chi connectivity index (χ4v) is 1.08. The van der Waals surface area contributed by atoms with Crippen LogP contribution in [-0.2, 0) is 16.0 Å². The lowest BCUT2D eigenvalue weighted by molar-refractivity contribution is -0.149. The van der Waals surface area contributed by atoms with E-state index in [2.05, 4.69) is 9.97 Å². The molecule has 0 amide bonds. The van der Waals surface area contributed by atoms with Crippen molar-refractivity contribution in [2.24, 2.45) is 5.73 Å². The number of nitrogens with zero attached hydrogens (tertiary/aromatic N) is 1. The number of aromatic nitrogens is 2. The molecule has 84 valence electrons. The number of aromatic amines is 1. The smallest absolute Gasteiger partial charge is 0.323 e. The highest BCUT2D eigenvalue weighted by molar-refractivity contribution is 5.75. The Morgan fingerprint density at radius 1 is 1.73 bits per heavy atom. The normalized spacial score (nSPS) is 14.6. The van der Waals surface area contributed by atoms with Crippen LogP contribution in [0.3, 0.4) is 0 Å². The number of carbonyl (C=O) groups excluding carboxylic acids is 1. The first-order valence-electron chi connectivity index (χ1n) is 5.07. The van der Waals surface area contributed by atoms with Crippen LogP contribution in [0.4, 0.5) is 0 Å². The summed E-state index contributed by atoms with van der Waals surface area (Å²) in [5.41, 5.74) is 6.45. The van der Waals surface area contributed by atoms with Gasteiger partial charge in [0.25, 0.3) is 0 Å². The van der Waals surface area contributed by atoms with E-state index in [1.54, 1.807) is 12.5 Å². The van der Waals surface area contributed by atoms with Crippen molar-refractivity contribution in [2.45, 2.75) is 38.8 Å². The van der Waals surface area contributed by atoms with Gasteiger partial charge >= 0.3 is 5.97 Å². The van der Waals surface area contributed by atoms with Gasteiger partial charge in [-0.15, -0.1) is 0 Å². The van der Waals surface area contributed by atoms with Crippen LogP contribution in [0, 0.1) is 0 Å². The second-order valence-corrected chi connectivity index (χ2v) is 3.53. The Kier molecular flexibility index (Phi) is 4.30. The highest BCUT2D eigenvalue weighted by atomic mass is 16.5. The van der Waals surface area contributed by atoms with Crippen molar-refractivity contribution in [1.82, 2.24) is 9.97 Å². The lowest BCUT2D eigenvalue weighted by Gasteiger charge is -2.14. The molecule has 3 N–H and O–H groups in total. The summed E-state index contributed by atoms with van der Waals surface area (Å²) >= 11 is 0. The second-order valence-electron chi connectivity index (χ2n) is 3.53. The summed E-state index contributed by atoms with van der Waals surface area (Å²) in [7, 11) is 0. The number of carbonyl (C=O) groups is 1. The van der Waals surface area contributed by atoms with Crippen molar-refractivity contribution >= 4 is 5.97 Å². The molecular weight excluding hydrogens is 194 g/mol. The quantitative estimate of drug-likeness (QED) is 0.700. The zero-order chi connectivity index (χ0) is 11.3. The average Bonchev–Trinajstić information content (AvgIpc) is 2.70. The minimum atomic E-state index is -0.637. The molecule has 1 aromatic heterocycles. The fraction of sp³-hybridized carbons (Fsp3) is 0.600. The molecule has 0 aliphatic carbocycles. The van der Waals surface area contributed by atoms with Gasteiger partial charge in [-0.25, -0.2) is 4.98 Å². The second kappa shape index (κ2) is 5.50. The van der Waals surface area contributed by atoms with Crippen molar-refractivity contribution in [3.05, 3.63) is 18.2 Å². The summed E-state index contributed by atoms with van der Waals surface area (Å²) in [5.74, 6) is -0.368. The van der Waals surface area contributed by atoms with Gasteiger partial charge in [0.05, 0.1) is 18.1 Å². The Morgan fingerprint density at radius 3 is 3.00 bits per heavy atom. The summed E-state index contributed by atoms with van der Waals surface area (Å²) in [6.07, 6.45) is 4.39. The molecule has 0 radical (unpaired) electrons. The molecule has 0 spiro atoms. The molecule has 0 fully saturated rings. The Hall–Kier alpha value is -1.36. The fourth-order valence-electron chi connectivity index (χ4n) is 1.08. The highest BCUT2D eigenvalue weighted by Gasteiger charge is 2.18. The van der Waals surface area contributed by atoms with Crippen LogP contribution < -0.4 is 5.73 Å². The predicted molar refractivity (Wildman–Crippen MR) is 56.1 cm³/mol. The van der Waals surface area contributed by atoms with Crippen LogP contribution in [-0.4, -0.2) is 28.1 Å². The molecule has 0 saturated heterocycles. The first-order chi connectivity index (χ1) is 7.13. The Bertz CT molecular complexity index is 298. The van der Waals surface area contributed by atoms with Crippen molar-refractivity contribution in [2.75, 3.05) is 0 Å². The predicted octanol–water partition coefficient (Wildman–Crippen LogP) is 0.621. The summed E-state index contributed by atoms with van der Waals surface area (Å²) in [5, 5.41) is 0. The molecule has 0 saturated carbocycles. The zero-order valence-corrected chi connectivity index (χ0v) is 9.06. The van der Waals surface area contributed by atoms with E-state index in [1.165, 1.54) is 0 Å². The Balaban J connectivity index is 2.40. The number of hydrogen-bond acceptors (Lipinski definition) is 4. The van der Waals surface area contributed by atoms with Gasteiger partial charge in [0.15, 0.2) is 0 Å². The van der Waals surface area contributed by atoms with Gasteiger partial charge in [-0.2, -0.15) is 0 Å². The van der Waals surface area contributed by atoms with Gasteiger partial charge in [0.1, 0.15) is 6.04 Å². The van der Waals surface area contributed by atoms with Crippen molar-refractivity contribution < 1.29 is 9.53 Å². The standard InChI is InChI=1S/C10H17N3O2/c1-3-7(2)15-10(14)9(11)4-8-5-12-6-13-8/h5-7,9H,3-4,11H2,1-2H3,(H,12,13). The monoisotopic (exact) mass is 211 g/mol.